The molecule has 11 nitrogen and oxygen atoms in total. The minimum atomic E-state index is -1.11. The fourth-order valence-corrected chi connectivity index (χ4v) is 4.55. The van der Waals surface area contributed by atoms with Crippen LogP contribution in [0.15, 0.2) is 36.8 Å². The number of aromatic nitrogens is 3. The summed E-state index contributed by atoms with van der Waals surface area (Å²) in [6.45, 7) is 2.93. The summed E-state index contributed by atoms with van der Waals surface area (Å²) < 4.78 is 1.60. The van der Waals surface area contributed by atoms with Crippen molar-refractivity contribution in [2.45, 2.75) is 25.8 Å². The number of hydrogen-bond donors (Lipinski definition) is 3. The lowest BCUT2D eigenvalue weighted by atomic mass is 10.1. The van der Waals surface area contributed by atoms with E-state index >= 15 is 0 Å². The van der Waals surface area contributed by atoms with Crippen molar-refractivity contribution >= 4 is 29.0 Å². The number of carbonyl (C=O) groups is 3. The van der Waals surface area contributed by atoms with Gasteiger partial charge < -0.3 is 21.1 Å². The van der Waals surface area contributed by atoms with Crippen LogP contribution in [0.3, 0.4) is 0 Å². The van der Waals surface area contributed by atoms with Crippen molar-refractivity contribution in [2.75, 3.05) is 18.4 Å². The van der Waals surface area contributed by atoms with Crippen LogP contribution in [-0.2, 0) is 4.79 Å². The molecule has 5 rings (SSSR count). The number of nitrogens with one attached hydrogen (secondary N) is 1. The highest BCUT2D eigenvalue weighted by Gasteiger charge is 2.54. The number of aromatic carboxylic acids is 1. The molecular formula is C24H23N7O4. The largest absolute Gasteiger partial charge is 0.477 e. The first-order valence-electron chi connectivity index (χ1n) is 11.2. The Hall–Kier alpha value is -4.46. The van der Waals surface area contributed by atoms with Crippen LogP contribution in [-0.4, -0.2) is 61.5 Å². The fourth-order valence-electron chi connectivity index (χ4n) is 4.55. The van der Waals surface area contributed by atoms with Crippen molar-refractivity contribution < 1.29 is 19.5 Å². The molecular weight excluding hydrogens is 450 g/mol. The molecule has 3 aromatic heterocycles. The van der Waals surface area contributed by atoms with E-state index in [1.807, 2.05) is 13.0 Å². The number of carboxylic acids is 1. The van der Waals surface area contributed by atoms with Crippen molar-refractivity contribution in [2.24, 2.45) is 17.1 Å². The van der Waals surface area contributed by atoms with Crippen LogP contribution in [0.2, 0.25) is 0 Å². The Bertz CT molecular complexity index is 1400. The lowest BCUT2D eigenvalue weighted by Crippen LogP contribution is -2.36. The predicted molar refractivity (Wildman–Crippen MR) is 124 cm³/mol. The monoisotopic (exact) mass is 473 g/mol. The molecule has 35 heavy (non-hydrogen) atoms. The second kappa shape index (κ2) is 8.09. The normalized spacial score (nSPS) is 20.4. The molecule has 178 valence electrons. The van der Waals surface area contributed by atoms with Crippen molar-refractivity contribution in [1.29, 1.82) is 5.26 Å². The standard InChI is InChI=1S/C24H23N7O4/c1-13-9-30(23(35)24(12-25)4-5-24)11-18(13)29-20-16(21(26)32)8-28-31-10-15(6-19(20)31)14-2-3-17(22(33)34)27-7-14/h2-3,6-8,10,13,18,29H,4-5,9,11H2,1H3,(H2,26,32)(H,33,34)/t13-,18-/m1/s1. The first-order chi connectivity index (χ1) is 16.7. The zero-order valence-corrected chi connectivity index (χ0v) is 18.9. The fraction of sp³-hybridized carbons (Fsp3) is 0.333. The number of anilines is 1. The summed E-state index contributed by atoms with van der Waals surface area (Å²) >= 11 is 0. The Kier molecular flexibility index (Phi) is 5.16. The number of nitrogens with two attached hydrogens (primary N) is 1. The van der Waals surface area contributed by atoms with Gasteiger partial charge in [-0.2, -0.15) is 10.4 Å². The van der Waals surface area contributed by atoms with Crippen LogP contribution in [0, 0.1) is 22.7 Å². The predicted octanol–water partition coefficient (Wildman–Crippen LogP) is 1.76. The molecule has 1 aliphatic heterocycles. The molecule has 1 aliphatic carbocycles. The highest BCUT2D eigenvalue weighted by atomic mass is 16.4. The molecule has 1 saturated heterocycles. The summed E-state index contributed by atoms with van der Waals surface area (Å²) in [4.78, 5) is 41.9. The number of rotatable bonds is 6. The van der Waals surface area contributed by atoms with Crippen molar-refractivity contribution in [3.05, 3.63) is 48.0 Å². The van der Waals surface area contributed by atoms with Gasteiger partial charge in [-0.15, -0.1) is 0 Å². The number of fused-ring (bicyclic) bond motifs is 1. The maximum Gasteiger partial charge on any atom is 0.354 e. The zero-order valence-electron chi connectivity index (χ0n) is 18.9. The van der Waals surface area contributed by atoms with Gasteiger partial charge in [-0.05, 0) is 30.9 Å². The highest BCUT2D eigenvalue weighted by molar-refractivity contribution is 6.02. The number of primary amides is 1. The van der Waals surface area contributed by atoms with Crippen LogP contribution >= 0.6 is 0 Å². The van der Waals surface area contributed by atoms with Crippen LogP contribution in [0.1, 0.15) is 40.6 Å². The maximum atomic E-state index is 12.9. The summed E-state index contributed by atoms with van der Waals surface area (Å²) in [6, 6.07) is 6.89. The van der Waals surface area contributed by atoms with Gasteiger partial charge in [-0.3, -0.25) is 9.59 Å². The quantitative estimate of drug-likeness (QED) is 0.487. The Morgan fingerprint density at radius 1 is 1.23 bits per heavy atom. The van der Waals surface area contributed by atoms with Gasteiger partial charge in [0.1, 0.15) is 11.1 Å². The lowest BCUT2D eigenvalue weighted by Gasteiger charge is -2.21. The van der Waals surface area contributed by atoms with Crippen LogP contribution in [0.5, 0.6) is 0 Å². The molecule has 0 spiro atoms. The molecule has 3 aromatic rings. The molecule has 0 radical (unpaired) electrons. The summed E-state index contributed by atoms with van der Waals surface area (Å²) in [7, 11) is 0. The van der Waals surface area contributed by atoms with Crippen molar-refractivity contribution in [3.8, 4) is 17.2 Å². The minimum absolute atomic E-state index is 0.0623. The lowest BCUT2D eigenvalue weighted by molar-refractivity contribution is -0.134. The number of nitrogens with zero attached hydrogens (tertiary/aromatic N) is 5. The Balaban J connectivity index is 1.47. The third kappa shape index (κ3) is 3.82. The second-order valence-electron chi connectivity index (χ2n) is 9.23. The number of likely N-dealkylation sites (tertiary alicyclic amines) is 1. The smallest absolute Gasteiger partial charge is 0.354 e. The number of amides is 2. The zero-order chi connectivity index (χ0) is 24.9. The van der Waals surface area contributed by atoms with Crippen LogP contribution in [0.25, 0.3) is 16.6 Å². The average molecular weight is 473 g/mol. The summed E-state index contributed by atoms with van der Waals surface area (Å²) in [5.41, 5.74) is 7.44. The van der Waals surface area contributed by atoms with Crippen LogP contribution in [0.4, 0.5) is 5.69 Å². The van der Waals surface area contributed by atoms with E-state index in [0.29, 0.717) is 42.7 Å². The number of carboxylic acid groups (broad SMARTS) is 1. The van der Waals surface area contributed by atoms with Gasteiger partial charge in [-0.1, -0.05) is 13.0 Å². The number of hydrogen-bond acceptors (Lipinski definition) is 7. The van der Waals surface area contributed by atoms with Crippen molar-refractivity contribution in [3.63, 3.8) is 0 Å². The van der Waals surface area contributed by atoms with E-state index < -0.39 is 17.3 Å². The Labute approximate surface area is 200 Å². The van der Waals surface area contributed by atoms with E-state index in [4.69, 9.17) is 10.8 Å². The van der Waals surface area contributed by atoms with E-state index in [0.717, 1.165) is 5.56 Å². The maximum absolute atomic E-state index is 12.9. The van der Waals surface area contributed by atoms with E-state index in [-0.39, 0.29) is 29.1 Å². The molecule has 0 unspecified atom stereocenters. The van der Waals surface area contributed by atoms with Gasteiger partial charge in [0.2, 0.25) is 5.91 Å². The van der Waals surface area contributed by atoms with Gasteiger partial charge in [-0.25, -0.2) is 14.3 Å². The number of carbonyl (C=O) groups excluding carboxylic acids is 2. The first-order valence-corrected chi connectivity index (χ1v) is 11.2. The van der Waals surface area contributed by atoms with Gasteiger partial charge in [0.05, 0.1) is 29.0 Å². The second-order valence-corrected chi connectivity index (χ2v) is 9.23. The van der Waals surface area contributed by atoms with Crippen LogP contribution < -0.4 is 11.1 Å². The summed E-state index contributed by atoms with van der Waals surface area (Å²) in [5, 5.41) is 26.2. The van der Waals surface area contributed by atoms with E-state index in [1.165, 1.54) is 18.5 Å². The van der Waals surface area contributed by atoms with E-state index in [2.05, 4.69) is 21.5 Å². The summed E-state index contributed by atoms with van der Waals surface area (Å²) in [5.74, 6) is -1.81. The number of nitriles is 1. The van der Waals surface area contributed by atoms with Gasteiger partial charge in [0.25, 0.3) is 5.91 Å². The molecule has 2 aliphatic rings. The molecule has 2 atom stereocenters. The molecule has 0 bridgehead atoms. The SMILES string of the molecule is C[C@@H]1CN(C(=O)C2(C#N)CC2)C[C@H]1Nc1c(C(N)=O)cnn2cc(-c3ccc(C(=O)O)nc3)cc12. The third-order valence-corrected chi connectivity index (χ3v) is 6.82. The van der Waals surface area contributed by atoms with Gasteiger partial charge in [0.15, 0.2) is 0 Å². The number of pyridine rings is 1. The molecule has 11 heteroatoms. The Morgan fingerprint density at radius 3 is 2.60 bits per heavy atom. The van der Waals surface area contributed by atoms with E-state index in [1.54, 1.807) is 21.7 Å². The molecule has 4 N–H and O–H groups in total. The molecule has 0 aromatic carbocycles. The first kappa shape index (κ1) is 22.3. The molecule has 1 saturated carbocycles. The third-order valence-electron chi connectivity index (χ3n) is 6.82. The highest BCUT2D eigenvalue weighted by Crippen LogP contribution is 2.47. The molecule has 2 amide bonds. The minimum Gasteiger partial charge on any atom is -0.477 e. The Morgan fingerprint density at radius 2 is 2.00 bits per heavy atom. The van der Waals surface area contributed by atoms with Crippen molar-refractivity contribution in [1.82, 2.24) is 19.5 Å². The van der Waals surface area contributed by atoms with E-state index in [9.17, 15) is 19.6 Å². The topological polar surface area (TPSA) is 167 Å². The average Bonchev–Trinajstić information content (AvgIpc) is 3.39. The molecule has 2 fully saturated rings. The van der Waals surface area contributed by atoms with Gasteiger partial charge >= 0.3 is 5.97 Å². The molecule has 4 heterocycles. The van der Waals surface area contributed by atoms with Gasteiger partial charge in [0, 0.05) is 42.7 Å². The summed E-state index contributed by atoms with van der Waals surface area (Å²) in [6.07, 6.45) is 5.80.